The van der Waals surface area contributed by atoms with E-state index in [2.05, 4.69) is 73.3 Å². The van der Waals surface area contributed by atoms with Crippen LogP contribution in [0.1, 0.15) is 0 Å². The summed E-state index contributed by atoms with van der Waals surface area (Å²) < 4.78 is 6.22. The molecule has 5 heteroatoms. The quantitative estimate of drug-likeness (QED) is 0.688. The fourth-order valence-electron chi connectivity index (χ4n) is 1.58. The fourth-order valence-corrected chi connectivity index (χ4v) is 12.6. The van der Waals surface area contributed by atoms with E-state index in [9.17, 15) is 0 Å². The number of nitrogens with zero attached hydrogens (tertiary/aromatic N) is 1. The molecule has 95 valence electrons. The van der Waals surface area contributed by atoms with Crippen molar-refractivity contribution in [1.29, 1.82) is 0 Å². The topological polar surface area (TPSA) is 15.3 Å². The van der Waals surface area contributed by atoms with Crippen LogP contribution in [-0.4, -0.2) is 36.9 Å². The van der Waals surface area contributed by atoms with Gasteiger partial charge >= 0.3 is 0 Å². The van der Waals surface area contributed by atoms with Crippen LogP contribution in [0.25, 0.3) is 0 Å². The Hall–Kier alpha value is -0.469. The molecule has 0 bridgehead atoms. The Kier molecular flexibility index (Phi) is 6.28. The van der Waals surface area contributed by atoms with E-state index in [4.69, 9.17) is 0 Å². The molecule has 0 aliphatic heterocycles. The van der Waals surface area contributed by atoms with Crippen LogP contribution >= 0.6 is 0 Å². The van der Waals surface area contributed by atoms with Crippen molar-refractivity contribution >= 4 is 25.6 Å². The van der Waals surface area contributed by atoms with Crippen LogP contribution in [0.5, 0.6) is 0 Å². The molecule has 1 radical (unpaired) electrons. The van der Waals surface area contributed by atoms with Gasteiger partial charge in [0.25, 0.3) is 0 Å². The normalized spacial score (nSPS) is 12.6. The smallest absolute Gasteiger partial charge is 0.185 e. The van der Waals surface area contributed by atoms with Gasteiger partial charge in [0.2, 0.25) is 0 Å². The summed E-state index contributed by atoms with van der Waals surface area (Å²) in [4.78, 5) is 0. The molecule has 0 aliphatic carbocycles. The van der Waals surface area contributed by atoms with Crippen molar-refractivity contribution in [3.05, 3.63) is 49.1 Å². The molecule has 17 heavy (non-hydrogen) atoms. The molecule has 0 aromatic carbocycles. The predicted octanol–water partition coefficient (Wildman–Crippen LogP) is 2.68. The Labute approximate surface area is 110 Å². The molecule has 0 fully saturated rings. The Morgan fingerprint density at radius 3 is 1.71 bits per heavy atom. The van der Waals surface area contributed by atoms with Gasteiger partial charge in [-0.05, 0) is 26.7 Å². The van der Waals surface area contributed by atoms with Crippen LogP contribution in [0, 0.1) is 0 Å². The van der Waals surface area contributed by atoms with Crippen molar-refractivity contribution in [1.82, 2.24) is 8.88 Å². The summed E-state index contributed by atoms with van der Waals surface area (Å²) in [5.74, 6) is 0. The van der Waals surface area contributed by atoms with Gasteiger partial charge in [-0.15, -0.1) is 26.3 Å². The van der Waals surface area contributed by atoms with Crippen LogP contribution in [0.3, 0.4) is 0 Å². The molecule has 0 aromatic rings. The zero-order valence-corrected chi connectivity index (χ0v) is 14.6. The van der Waals surface area contributed by atoms with Crippen LogP contribution in [0.15, 0.2) is 49.1 Å². The molecule has 0 saturated carbocycles. The highest BCUT2D eigenvalue weighted by Gasteiger charge is 2.38. The molecule has 0 aromatic heterocycles. The molecular formula is C12H25N2Si3. The molecule has 0 unspecified atom stereocenters. The summed E-state index contributed by atoms with van der Waals surface area (Å²) in [7, 11) is -2.07. The van der Waals surface area contributed by atoms with Crippen LogP contribution in [-0.2, 0) is 0 Å². The second kappa shape index (κ2) is 6.46. The highest BCUT2D eigenvalue weighted by molar-refractivity contribution is 6.98. The molecule has 0 saturated heterocycles. The van der Waals surface area contributed by atoms with Crippen molar-refractivity contribution in [3.63, 3.8) is 0 Å². The van der Waals surface area contributed by atoms with Crippen LogP contribution < -0.4 is 4.65 Å². The van der Waals surface area contributed by atoms with Crippen molar-refractivity contribution in [2.24, 2.45) is 0 Å². The first-order chi connectivity index (χ1) is 7.77. The third-order valence-electron chi connectivity index (χ3n) is 3.28. The van der Waals surface area contributed by atoms with E-state index in [-0.39, 0.29) is 0 Å². The first kappa shape index (κ1) is 16.5. The number of nitrogens with one attached hydrogen (secondary N) is 1. The van der Waals surface area contributed by atoms with Crippen LogP contribution in [0.4, 0.5) is 0 Å². The summed E-state index contributed by atoms with van der Waals surface area (Å²) in [6, 6.07) is 0. The third-order valence-corrected chi connectivity index (χ3v) is 15.7. The minimum Gasteiger partial charge on any atom is -0.342 e. The van der Waals surface area contributed by atoms with Gasteiger partial charge < -0.3 is 8.88 Å². The first-order valence-electron chi connectivity index (χ1n) is 5.68. The molecule has 0 rings (SSSR count). The SMILES string of the molecule is C=C[Si](C=C)N[Si](C)(C)N(C)[Si](C)(C=C)C=C. The minimum absolute atomic E-state index is 0.849. The van der Waals surface area contributed by atoms with E-state index in [0.29, 0.717) is 0 Å². The lowest BCUT2D eigenvalue weighted by Crippen LogP contribution is -2.69. The fraction of sp³-hybridized carbons (Fsp3) is 0.333. The molecule has 0 atom stereocenters. The van der Waals surface area contributed by atoms with E-state index in [1.807, 2.05) is 11.4 Å². The molecule has 0 aliphatic rings. The first-order valence-corrected chi connectivity index (χ1v) is 12.9. The van der Waals surface area contributed by atoms with Gasteiger partial charge in [0.15, 0.2) is 25.6 Å². The Morgan fingerprint density at radius 2 is 1.41 bits per heavy atom. The number of rotatable bonds is 8. The summed E-state index contributed by atoms with van der Waals surface area (Å²) >= 11 is 0. The molecule has 0 spiro atoms. The molecule has 0 heterocycles. The summed E-state index contributed by atoms with van der Waals surface area (Å²) in [5.41, 5.74) is 8.12. The Balaban J connectivity index is 5.03. The van der Waals surface area contributed by atoms with Gasteiger partial charge in [0.1, 0.15) is 0 Å². The largest absolute Gasteiger partial charge is 0.342 e. The van der Waals surface area contributed by atoms with Gasteiger partial charge in [-0.3, -0.25) is 0 Å². The van der Waals surface area contributed by atoms with Gasteiger partial charge in [0.05, 0.1) is 0 Å². The Bertz CT molecular complexity index is 297. The Morgan fingerprint density at radius 1 is 1.00 bits per heavy atom. The van der Waals surface area contributed by atoms with Gasteiger partial charge in [-0.1, -0.05) is 22.8 Å². The van der Waals surface area contributed by atoms with E-state index in [0.717, 1.165) is 0 Å². The number of hydrogen-bond acceptors (Lipinski definition) is 2. The van der Waals surface area contributed by atoms with E-state index >= 15 is 0 Å². The van der Waals surface area contributed by atoms with Crippen molar-refractivity contribution < 1.29 is 0 Å². The third kappa shape index (κ3) is 4.04. The van der Waals surface area contributed by atoms with E-state index < -0.39 is 25.6 Å². The summed E-state index contributed by atoms with van der Waals surface area (Å²) in [5, 5.41) is 0. The maximum Gasteiger partial charge on any atom is 0.185 e. The lowest BCUT2D eigenvalue weighted by atomic mass is 11.2. The average molecular weight is 282 g/mol. The standard InChI is InChI=1S/C12H25N2Si3/c1-9-15(10-2)13-16(6,7)14(5)17(8,11-3)12-4/h9-13H,1-4H2,5-8H3. The highest BCUT2D eigenvalue weighted by atomic mass is 28.4. The van der Waals surface area contributed by atoms with Gasteiger partial charge in [0, 0.05) is 0 Å². The van der Waals surface area contributed by atoms with E-state index in [1.165, 1.54) is 0 Å². The number of hydrogen-bond donors (Lipinski definition) is 1. The molecule has 2 nitrogen and oxygen atoms in total. The zero-order chi connectivity index (χ0) is 13.7. The average Bonchev–Trinajstić information content (AvgIpc) is 2.33. The van der Waals surface area contributed by atoms with Crippen molar-refractivity contribution in [2.45, 2.75) is 19.6 Å². The highest BCUT2D eigenvalue weighted by Crippen LogP contribution is 2.17. The van der Waals surface area contributed by atoms with Crippen molar-refractivity contribution in [3.8, 4) is 0 Å². The van der Waals surface area contributed by atoms with Gasteiger partial charge in [-0.2, -0.15) is 0 Å². The second-order valence-electron chi connectivity index (χ2n) is 4.74. The second-order valence-corrected chi connectivity index (χ2v) is 15.6. The van der Waals surface area contributed by atoms with E-state index in [1.54, 1.807) is 0 Å². The van der Waals surface area contributed by atoms with Gasteiger partial charge in [-0.25, -0.2) is 0 Å². The lowest BCUT2D eigenvalue weighted by molar-refractivity contribution is 0.752. The zero-order valence-electron chi connectivity index (χ0n) is 11.6. The predicted molar refractivity (Wildman–Crippen MR) is 86.5 cm³/mol. The lowest BCUT2D eigenvalue weighted by Gasteiger charge is -2.44. The minimum atomic E-state index is -1.72. The summed E-state index contributed by atoms with van der Waals surface area (Å²) in [6.45, 7) is 22.5. The molecule has 0 amide bonds. The summed E-state index contributed by atoms with van der Waals surface area (Å²) in [6.07, 6.45) is 0. The van der Waals surface area contributed by atoms with Crippen molar-refractivity contribution in [2.75, 3.05) is 7.05 Å². The maximum atomic E-state index is 3.97. The maximum absolute atomic E-state index is 3.97. The monoisotopic (exact) mass is 281 g/mol. The molecular weight excluding hydrogens is 256 g/mol. The van der Waals surface area contributed by atoms with Crippen LogP contribution in [0.2, 0.25) is 19.6 Å². The molecule has 1 N–H and O–H groups in total.